The van der Waals surface area contributed by atoms with Crippen LogP contribution in [0.25, 0.3) is 10.9 Å². The summed E-state index contributed by atoms with van der Waals surface area (Å²) in [5, 5.41) is 4.33. The Bertz CT molecular complexity index is 985. The molecule has 1 amide bonds. The van der Waals surface area contributed by atoms with Crippen LogP contribution in [0.15, 0.2) is 24.3 Å². The molecule has 8 heteroatoms. The van der Waals surface area contributed by atoms with Gasteiger partial charge >= 0.3 is 5.97 Å². The molecular weight excluding hydrogens is 440 g/mol. The second-order valence-corrected chi connectivity index (χ2v) is 9.35. The number of fused-ring (bicyclic) bond motifs is 1. The van der Waals surface area contributed by atoms with E-state index in [0.717, 1.165) is 42.9 Å². The Kier molecular flexibility index (Phi) is 8.04. The summed E-state index contributed by atoms with van der Waals surface area (Å²) < 4.78 is 5.05. The number of piperazine rings is 1. The van der Waals surface area contributed by atoms with Gasteiger partial charge in [0.2, 0.25) is 0 Å². The lowest BCUT2D eigenvalue weighted by Crippen LogP contribution is -2.48. The molecule has 7 nitrogen and oxygen atoms in total. The van der Waals surface area contributed by atoms with Crippen molar-refractivity contribution in [2.75, 3.05) is 50.8 Å². The van der Waals surface area contributed by atoms with Crippen molar-refractivity contribution in [2.45, 2.75) is 39.0 Å². The highest BCUT2D eigenvalue weighted by Crippen LogP contribution is 2.28. The van der Waals surface area contributed by atoms with Gasteiger partial charge in [0.25, 0.3) is 5.91 Å². The first kappa shape index (κ1) is 23.8. The summed E-state index contributed by atoms with van der Waals surface area (Å²) >= 11 is 6.45. The first-order valence-electron chi connectivity index (χ1n) is 12.1. The highest BCUT2D eigenvalue weighted by atomic mass is 35.5. The third-order valence-corrected chi connectivity index (χ3v) is 6.98. The van der Waals surface area contributed by atoms with Crippen molar-refractivity contribution in [1.82, 2.24) is 15.2 Å². The standard InChI is InChI=1S/C25H33ClN4O3/c1-2-33-23(31)17-29-12-14-30(15-13-29)22-11-8-19-21(28-22)10-9-20(26)24(19)25(32)27-16-18-6-4-3-5-7-18/h8-11,18H,2-7,12-17H2,1H3,(H,27,32). The third-order valence-electron chi connectivity index (χ3n) is 6.66. The maximum absolute atomic E-state index is 13.0. The van der Waals surface area contributed by atoms with Crippen molar-refractivity contribution in [3.8, 4) is 0 Å². The summed E-state index contributed by atoms with van der Waals surface area (Å²) in [5.74, 6) is 1.12. The van der Waals surface area contributed by atoms with E-state index in [0.29, 0.717) is 36.2 Å². The number of rotatable bonds is 7. The van der Waals surface area contributed by atoms with Crippen molar-refractivity contribution in [1.29, 1.82) is 0 Å². The fourth-order valence-electron chi connectivity index (χ4n) is 4.81. The lowest BCUT2D eigenvalue weighted by Gasteiger charge is -2.34. The van der Waals surface area contributed by atoms with Gasteiger partial charge in [0.15, 0.2) is 0 Å². The Balaban J connectivity index is 1.42. The number of hydrogen-bond acceptors (Lipinski definition) is 6. The predicted octanol–water partition coefficient (Wildman–Crippen LogP) is 3.88. The minimum Gasteiger partial charge on any atom is -0.465 e. The molecule has 0 spiro atoms. The summed E-state index contributed by atoms with van der Waals surface area (Å²) in [6.07, 6.45) is 6.16. The van der Waals surface area contributed by atoms with E-state index < -0.39 is 0 Å². The number of carbonyl (C=O) groups is 2. The first-order chi connectivity index (χ1) is 16.0. The number of esters is 1. The maximum Gasteiger partial charge on any atom is 0.320 e. The molecule has 0 atom stereocenters. The lowest BCUT2D eigenvalue weighted by molar-refractivity contribution is -0.144. The van der Waals surface area contributed by atoms with Crippen LogP contribution in [0.5, 0.6) is 0 Å². The number of carbonyl (C=O) groups excluding carboxylic acids is 2. The predicted molar refractivity (Wildman–Crippen MR) is 131 cm³/mol. The van der Waals surface area contributed by atoms with Gasteiger partial charge in [0.05, 0.1) is 29.3 Å². The van der Waals surface area contributed by atoms with E-state index in [1.54, 1.807) is 6.07 Å². The van der Waals surface area contributed by atoms with Crippen LogP contribution in [-0.2, 0) is 9.53 Å². The number of anilines is 1. The SMILES string of the molecule is CCOC(=O)CN1CCN(c2ccc3c(C(=O)NCC4CCCCC4)c(Cl)ccc3n2)CC1. The molecule has 1 aliphatic heterocycles. The van der Waals surface area contributed by atoms with E-state index in [9.17, 15) is 9.59 Å². The summed E-state index contributed by atoms with van der Waals surface area (Å²) in [6, 6.07) is 7.53. The van der Waals surface area contributed by atoms with Crippen LogP contribution in [0.3, 0.4) is 0 Å². The fraction of sp³-hybridized carbons (Fsp3) is 0.560. The number of nitrogens with zero attached hydrogens (tertiary/aromatic N) is 3. The molecule has 1 aromatic carbocycles. The molecule has 1 saturated carbocycles. The van der Waals surface area contributed by atoms with Crippen molar-refractivity contribution < 1.29 is 14.3 Å². The second-order valence-electron chi connectivity index (χ2n) is 8.94. The maximum atomic E-state index is 13.0. The van der Waals surface area contributed by atoms with Gasteiger partial charge in [-0.3, -0.25) is 14.5 Å². The molecule has 2 aliphatic rings. The van der Waals surface area contributed by atoms with E-state index in [2.05, 4.69) is 15.1 Å². The third kappa shape index (κ3) is 5.95. The molecule has 2 fully saturated rings. The highest BCUT2D eigenvalue weighted by Gasteiger charge is 2.22. The van der Waals surface area contributed by atoms with E-state index in [1.807, 2.05) is 25.1 Å². The average Bonchev–Trinajstić information content (AvgIpc) is 2.83. The van der Waals surface area contributed by atoms with E-state index in [1.165, 1.54) is 32.1 Å². The quantitative estimate of drug-likeness (QED) is 0.616. The molecule has 178 valence electrons. The Hall–Kier alpha value is -2.38. The summed E-state index contributed by atoms with van der Waals surface area (Å²) in [5.41, 5.74) is 1.26. The molecule has 2 aromatic rings. The van der Waals surface area contributed by atoms with Crippen LogP contribution in [-0.4, -0.2) is 67.6 Å². The van der Waals surface area contributed by atoms with Crippen LogP contribution >= 0.6 is 11.6 Å². The van der Waals surface area contributed by atoms with Crippen LogP contribution in [0.1, 0.15) is 49.4 Å². The Labute approximate surface area is 200 Å². The summed E-state index contributed by atoms with van der Waals surface area (Å²) in [7, 11) is 0. The lowest BCUT2D eigenvalue weighted by atomic mass is 9.89. The number of aromatic nitrogens is 1. The van der Waals surface area contributed by atoms with E-state index in [-0.39, 0.29) is 11.9 Å². The van der Waals surface area contributed by atoms with Crippen molar-refractivity contribution in [2.24, 2.45) is 5.92 Å². The smallest absolute Gasteiger partial charge is 0.320 e. The number of nitrogens with one attached hydrogen (secondary N) is 1. The number of halogens is 1. The molecule has 33 heavy (non-hydrogen) atoms. The number of amides is 1. The number of pyridine rings is 1. The van der Waals surface area contributed by atoms with Gasteiger partial charge in [0, 0.05) is 38.1 Å². The molecule has 1 N–H and O–H groups in total. The first-order valence-corrected chi connectivity index (χ1v) is 12.4. The molecule has 0 bridgehead atoms. The van der Waals surface area contributed by atoms with Crippen LogP contribution in [0.2, 0.25) is 5.02 Å². The normalized spacial score (nSPS) is 17.8. The molecule has 2 heterocycles. The van der Waals surface area contributed by atoms with Crippen LogP contribution in [0.4, 0.5) is 5.82 Å². The van der Waals surface area contributed by atoms with Gasteiger partial charge < -0.3 is 15.0 Å². The molecule has 1 aliphatic carbocycles. The Morgan fingerprint density at radius 1 is 1.09 bits per heavy atom. The topological polar surface area (TPSA) is 74.8 Å². The minimum atomic E-state index is -0.180. The minimum absolute atomic E-state index is 0.127. The zero-order valence-electron chi connectivity index (χ0n) is 19.3. The number of benzene rings is 1. The van der Waals surface area contributed by atoms with Crippen molar-refractivity contribution in [3.63, 3.8) is 0 Å². The fourth-order valence-corrected chi connectivity index (χ4v) is 5.07. The molecular formula is C25H33ClN4O3. The van der Waals surface area contributed by atoms with E-state index in [4.69, 9.17) is 21.3 Å². The Morgan fingerprint density at radius 2 is 1.85 bits per heavy atom. The van der Waals surface area contributed by atoms with Gasteiger partial charge in [-0.05, 0) is 49.9 Å². The average molecular weight is 473 g/mol. The molecule has 1 aromatic heterocycles. The number of hydrogen-bond donors (Lipinski definition) is 1. The molecule has 1 saturated heterocycles. The van der Waals surface area contributed by atoms with Gasteiger partial charge in [-0.1, -0.05) is 30.9 Å². The largest absolute Gasteiger partial charge is 0.465 e. The number of ether oxygens (including phenoxy) is 1. The van der Waals surface area contributed by atoms with Gasteiger partial charge in [0.1, 0.15) is 5.82 Å². The summed E-state index contributed by atoms with van der Waals surface area (Å²) in [6.45, 7) is 6.35. The Morgan fingerprint density at radius 3 is 2.58 bits per heavy atom. The molecule has 0 unspecified atom stereocenters. The zero-order valence-corrected chi connectivity index (χ0v) is 20.1. The highest BCUT2D eigenvalue weighted by molar-refractivity contribution is 6.35. The monoisotopic (exact) mass is 472 g/mol. The summed E-state index contributed by atoms with van der Waals surface area (Å²) in [4.78, 5) is 33.9. The van der Waals surface area contributed by atoms with Gasteiger partial charge in [-0.15, -0.1) is 0 Å². The molecule has 0 radical (unpaired) electrons. The van der Waals surface area contributed by atoms with Crippen molar-refractivity contribution >= 4 is 40.2 Å². The van der Waals surface area contributed by atoms with Crippen molar-refractivity contribution in [3.05, 3.63) is 34.9 Å². The molecule has 4 rings (SSSR count). The van der Waals surface area contributed by atoms with Crippen LogP contribution < -0.4 is 10.2 Å². The van der Waals surface area contributed by atoms with Gasteiger partial charge in [-0.2, -0.15) is 0 Å². The van der Waals surface area contributed by atoms with Crippen LogP contribution in [0, 0.1) is 5.92 Å². The zero-order chi connectivity index (χ0) is 23.2. The van der Waals surface area contributed by atoms with E-state index >= 15 is 0 Å². The second kappa shape index (κ2) is 11.2. The van der Waals surface area contributed by atoms with Gasteiger partial charge in [-0.25, -0.2) is 4.98 Å².